The molecule has 3 N–H and O–H groups in total. The van der Waals surface area contributed by atoms with Crippen LogP contribution in [0.2, 0.25) is 5.02 Å². The van der Waals surface area contributed by atoms with E-state index >= 15 is 0 Å². The van der Waals surface area contributed by atoms with Gasteiger partial charge in [0.25, 0.3) is 0 Å². The molecule has 0 unspecified atom stereocenters. The molecular weight excluding hydrogens is 278 g/mol. The van der Waals surface area contributed by atoms with E-state index in [1.54, 1.807) is 31.2 Å². The second-order valence-corrected chi connectivity index (χ2v) is 4.77. The van der Waals surface area contributed by atoms with Crippen LogP contribution < -0.4 is 5.73 Å². The summed E-state index contributed by atoms with van der Waals surface area (Å²) in [6.07, 6.45) is 0. The number of carboxylic acid groups (broad SMARTS) is 1. The first-order valence-corrected chi connectivity index (χ1v) is 6.22. The molecule has 0 bridgehead atoms. The van der Waals surface area contributed by atoms with E-state index in [1.165, 1.54) is 12.1 Å². The molecule has 0 aliphatic rings. The van der Waals surface area contributed by atoms with Gasteiger partial charge >= 0.3 is 5.97 Å². The maximum absolute atomic E-state index is 11.4. The number of nitrogens with two attached hydrogens (primary N) is 1. The number of rotatable bonds is 3. The Balaban J connectivity index is 2.69. The zero-order valence-electron chi connectivity index (χ0n) is 10.7. The molecule has 2 rings (SSSR count). The molecule has 0 spiro atoms. The SMILES string of the molecule is Cc1cccc(-c2ccc(Cl)c(C(N)=O)c2)c1C(=O)O. The number of amides is 1. The van der Waals surface area contributed by atoms with Gasteiger partial charge < -0.3 is 10.8 Å². The van der Waals surface area contributed by atoms with Crippen molar-refractivity contribution >= 4 is 23.5 Å². The fourth-order valence-electron chi connectivity index (χ4n) is 2.07. The molecule has 0 saturated heterocycles. The molecule has 0 fully saturated rings. The fourth-order valence-corrected chi connectivity index (χ4v) is 2.28. The number of hydrogen-bond donors (Lipinski definition) is 2. The van der Waals surface area contributed by atoms with Crippen LogP contribution >= 0.6 is 11.6 Å². The minimum atomic E-state index is -1.02. The van der Waals surface area contributed by atoms with Gasteiger partial charge in [-0.05, 0) is 35.7 Å². The molecule has 0 radical (unpaired) electrons. The molecule has 0 aromatic heterocycles. The quantitative estimate of drug-likeness (QED) is 0.911. The van der Waals surface area contributed by atoms with Crippen LogP contribution in [0, 0.1) is 6.92 Å². The first-order valence-electron chi connectivity index (χ1n) is 5.84. The lowest BCUT2D eigenvalue weighted by atomic mass is 9.95. The third kappa shape index (κ3) is 2.51. The van der Waals surface area contributed by atoms with E-state index in [0.717, 1.165) is 0 Å². The second-order valence-electron chi connectivity index (χ2n) is 4.36. The van der Waals surface area contributed by atoms with Crippen LogP contribution in [0.4, 0.5) is 0 Å². The van der Waals surface area contributed by atoms with Crippen LogP contribution in [-0.4, -0.2) is 17.0 Å². The third-order valence-electron chi connectivity index (χ3n) is 3.03. The molecule has 4 nitrogen and oxygen atoms in total. The molecule has 5 heteroatoms. The summed E-state index contributed by atoms with van der Waals surface area (Å²) in [5.74, 6) is -1.67. The molecule has 102 valence electrons. The molecule has 2 aromatic carbocycles. The number of primary amides is 1. The summed E-state index contributed by atoms with van der Waals surface area (Å²) in [5, 5.41) is 9.56. The fraction of sp³-hybridized carbons (Fsp3) is 0.0667. The van der Waals surface area contributed by atoms with Crippen LogP contribution in [0.1, 0.15) is 26.3 Å². The lowest BCUT2D eigenvalue weighted by Crippen LogP contribution is -2.11. The normalized spacial score (nSPS) is 10.3. The Morgan fingerprint density at radius 1 is 1.20 bits per heavy atom. The largest absolute Gasteiger partial charge is 0.478 e. The van der Waals surface area contributed by atoms with E-state index in [0.29, 0.717) is 16.7 Å². The molecule has 0 aliphatic heterocycles. The van der Waals surface area contributed by atoms with Crippen molar-refractivity contribution in [2.45, 2.75) is 6.92 Å². The molecule has 1 amide bonds. The average molecular weight is 290 g/mol. The van der Waals surface area contributed by atoms with E-state index in [4.69, 9.17) is 17.3 Å². The summed E-state index contributed by atoms with van der Waals surface area (Å²) in [7, 11) is 0. The van der Waals surface area contributed by atoms with Gasteiger partial charge in [0.05, 0.1) is 16.1 Å². The molecule has 20 heavy (non-hydrogen) atoms. The Bertz CT molecular complexity index is 710. The summed E-state index contributed by atoms with van der Waals surface area (Å²) in [5.41, 5.74) is 7.37. The highest BCUT2D eigenvalue weighted by atomic mass is 35.5. The van der Waals surface area contributed by atoms with Crippen molar-refractivity contribution in [3.8, 4) is 11.1 Å². The van der Waals surface area contributed by atoms with E-state index < -0.39 is 11.9 Å². The van der Waals surface area contributed by atoms with Crippen molar-refractivity contribution in [3.05, 3.63) is 58.1 Å². The third-order valence-corrected chi connectivity index (χ3v) is 3.36. The number of carbonyl (C=O) groups is 2. The zero-order chi connectivity index (χ0) is 14.9. The van der Waals surface area contributed by atoms with Crippen molar-refractivity contribution in [1.29, 1.82) is 0 Å². The number of halogens is 1. The predicted molar refractivity (Wildman–Crippen MR) is 77.1 cm³/mol. The van der Waals surface area contributed by atoms with Gasteiger partial charge in [0, 0.05) is 0 Å². The highest BCUT2D eigenvalue weighted by Crippen LogP contribution is 2.29. The number of carbonyl (C=O) groups excluding carboxylic acids is 1. The second kappa shape index (κ2) is 5.35. The summed E-state index contributed by atoms with van der Waals surface area (Å²) in [6, 6.07) is 9.87. The summed E-state index contributed by atoms with van der Waals surface area (Å²) in [6.45, 7) is 1.72. The van der Waals surface area contributed by atoms with Gasteiger partial charge in [0.15, 0.2) is 0 Å². The van der Waals surface area contributed by atoms with E-state index in [-0.39, 0.29) is 16.1 Å². The van der Waals surface area contributed by atoms with E-state index in [1.807, 2.05) is 0 Å². The lowest BCUT2D eigenvalue weighted by Gasteiger charge is -2.10. The molecular formula is C15H12ClNO3. The topological polar surface area (TPSA) is 80.4 Å². The first-order chi connectivity index (χ1) is 9.41. The minimum absolute atomic E-state index is 0.169. The summed E-state index contributed by atoms with van der Waals surface area (Å²) in [4.78, 5) is 22.7. The van der Waals surface area contributed by atoms with E-state index in [9.17, 15) is 14.7 Å². The smallest absolute Gasteiger partial charge is 0.336 e. The van der Waals surface area contributed by atoms with Crippen molar-refractivity contribution < 1.29 is 14.7 Å². The minimum Gasteiger partial charge on any atom is -0.478 e. The Morgan fingerprint density at radius 3 is 2.50 bits per heavy atom. The van der Waals surface area contributed by atoms with Crippen molar-refractivity contribution in [2.24, 2.45) is 5.73 Å². The van der Waals surface area contributed by atoms with Crippen LogP contribution in [0.3, 0.4) is 0 Å². The van der Waals surface area contributed by atoms with Crippen molar-refractivity contribution in [1.82, 2.24) is 0 Å². The van der Waals surface area contributed by atoms with Gasteiger partial charge in [-0.2, -0.15) is 0 Å². The monoisotopic (exact) mass is 289 g/mol. The van der Waals surface area contributed by atoms with Gasteiger partial charge in [-0.25, -0.2) is 4.79 Å². The predicted octanol–water partition coefficient (Wildman–Crippen LogP) is 3.11. The molecule has 0 atom stereocenters. The first kappa shape index (κ1) is 14.1. The Labute approximate surface area is 120 Å². The molecule has 0 aliphatic carbocycles. The van der Waals surface area contributed by atoms with Crippen molar-refractivity contribution in [3.63, 3.8) is 0 Å². The van der Waals surface area contributed by atoms with Gasteiger partial charge in [0.1, 0.15) is 0 Å². The molecule has 0 heterocycles. The number of aryl methyl sites for hydroxylation is 1. The Hall–Kier alpha value is -2.33. The number of benzene rings is 2. The van der Waals surface area contributed by atoms with Gasteiger partial charge in [-0.3, -0.25) is 4.79 Å². The highest BCUT2D eigenvalue weighted by molar-refractivity contribution is 6.34. The van der Waals surface area contributed by atoms with Crippen molar-refractivity contribution in [2.75, 3.05) is 0 Å². The lowest BCUT2D eigenvalue weighted by molar-refractivity contribution is 0.0696. The standard InChI is InChI=1S/C15H12ClNO3/c1-8-3-2-4-10(13(8)15(19)20)9-5-6-12(16)11(7-9)14(17)18/h2-7H,1H3,(H2,17,18)(H,19,20). The maximum Gasteiger partial charge on any atom is 0.336 e. The molecule has 2 aromatic rings. The van der Waals surface area contributed by atoms with Crippen LogP contribution in [0.15, 0.2) is 36.4 Å². The van der Waals surface area contributed by atoms with E-state index in [2.05, 4.69) is 0 Å². The molecule has 0 saturated carbocycles. The van der Waals surface area contributed by atoms with Gasteiger partial charge in [-0.1, -0.05) is 35.9 Å². The van der Waals surface area contributed by atoms with Crippen LogP contribution in [-0.2, 0) is 0 Å². The van der Waals surface area contributed by atoms with Crippen LogP contribution in [0.5, 0.6) is 0 Å². The van der Waals surface area contributed by atoms with Crippen LogP contribution in [0.25, 0.3) is 11.1 Å². The Morgan fingerprint density at radius 2 is 1.90 bits per heavy atom. The zero-order valence-corrected chi connectivity index (χ0v) is 11.4. The Kier molecular flexibility index (Phi) is 3.77. The highest BCUT2D eigenvalue weighted by Gasteiger charge is 2.16. The number of hydrogen-bond acceptors (Lipinski definition) is 2. The summed E-state index contributed by atoms with van der Waals surface area (Å²) >= 11 is 5.90. The number of carboxylic acids is 1. The maximum atomic E-state index is 11.4. The average Bonchev–Trinajstić information content (AvgIpc) is 2.38. The number of aromatic carboxylic acids is 1. The van der Waals surface area contributed by atoms with Gasteiger partial charge in [0.2, 0.25) is 5.91 Å². The summed E-state index contributed by atoms with van der Waals surface area (Å²) < 4.78 is 0. The van der Waals surface area contributed by atoms with Gasteiger partial charge in [-0.15, -0.1) is 0 Å².